The number of nitro benzene ring substituents is 1. The molecule has 3 rings (SSSR count). The minimum Gasteiger partial charge on any atom is -0.307 e. The number of sulfonamides is 1. The third kappa shape index (κ3) is 4.79. The van der Waals surface area contributed by atoms with Gasteiger partial charge < -0.3 is 5.32 Å². The second-order valence-corrected chi connectivity index (χ2v) is 8.83. The molecule has 2 aromatic carbocycles. The second-order valence-electron chi connectivity index (χ2n) is 5.99. The van der Waals surface area contributed by atoms with Gasteiger partial charge in [-0.05, 0) is 36.5 Å². The summed E-state index contributed by atoms with van der Waals surface area (Å²) in [5.74, 6) is 0. The summed E-state index contributed by atoms with van der Waals surface area (Å²) in [5, 5.41) is 15.1. The van der Waals surface area contributed by atoms with Crippen LogP contribution >= 0.6 is 35.4 Å². The summed E-state index contributed by atoms with van der Waals surface area (Å²) in [6.45, 7) is 0.200. The molecule has 30 heavy (non-hydrogen) atoms. The number of halogens is 2. The van der Waals surface area contributed by atoms with Crippen molar-refractivity contribution >= 4 is 68.0 Å². The molecule has 2 N–H and O–H groups in total. The number of thiocarbonyl (C=S) groups is 1. The molecule has 2 amide bonds. The largest absolute Gasteiger partial charge is 0.328 e. The van der Waals surface area contributed by atoms with Crippen LogP contribution in [0.15, 0.2) is 47.4 Å². The summed E-state index contributed by atoms with van der Waals surface area (Å²) < 4.78 is 25.1. The Labute approximate surface area is 186 Å². The average Bonchev–Trinajstić information content (AvgIpc) is 3.04. The van der Waals surface area contributed by atoms with Crippen molar-refractivity contribution in [1.29, 1.82) is 0 Å². The van der Waals surface area contributed by atoms with Gasteiger partial charge in [0.25, 0.3) is 15.7 Å². The van der Waals surface area contributed by atoms with Crippen molar-refractivity contribution in [2.45, 2.75) is 4.90 Å². The van der Waals surface area contributed by atoms with Crippen molar-refractivity contribution in [3.63, 3.8) is 0 Å². The van der Waals surface area contributed by atoms with E-state index < -0.39 is 21.0 Å². The van der Waals surface area contributed by atoms with Gasteiger partial charge in [-0.1, -0.05) is 29.3 Å². The SMILES string of the molecule is O=C(Nc1ccc(Cl)c(Cl)c1)N1CCN(NS(=O)(=O)c2cccc([N+](=O)[O-])c2)C1=S. The smallest absolute Gasteiger partial charge is 0.307 e. The Bertz CT molecular complexity index is 1140. The zero-order valence-electron chi connectivity index (χ0n) is 14.9. The fraction of sp³-hybridized carbons (Fsp3) is 0.125. The van der Waals surface area contributed by atoms with E-state index in [4.69, 9.17) is 35.4 Å². The van der Waals surface area contributed by atoms with Crippen molar-refractivity contribution in [3.8, 4) is 0 Å². The van der Waals surface area contributed by atoms with Gasteiger partial charge in [-0.15, -0.1) is 4.83 Å². The zero-order chi connectivity index (χ0) is 22.1. The van der Waals surface area contributed by atoms with Crippen LogP contribution in [0.3, 0.4) is 0 Å². The van der Waals surface area contributed by atoms with Crippen molar-refractivity contribution in [2.75, 3.05) is 18.4 Å². The van der Waals surface area contributed by atoms with E-state index in [-0.39, 0.29) is 33.8 Å². The third-order valence-corrected chi connectivity index (χ3v) is 6.51. The molecule has 0 atom stereocenters. The van der Waals surface area contributed by atoms with Gasteiger partial charge in [-0.3, -0.25) is 20.0 Å². The Hall–Kier alpha value is -2.51. The van der Waals surface area contributed by atoms with Crippen molar-refractivity contribution in [2.24, 2.45) is 0 Å². The number of hydrogen-bond acceptors (Lipinski definition) is 6. The minimum absolute atomic E-state index is 0.0819. The molecule has 1 aliphatic rings. The van der Waals surface area contributed by atoms with E-state index in [9.17, 15) is 23.3 Å². The van der Waals surface area contributed by atoms with Crippen molar-refractivity contribution in [3.05, 3.63) is 62.6 Å². The first-order valence-corrected chi connectivity index (χ1v) is 10.9. The second kappa shape index (κ2) is 8.70. The molecule has 0 radical (unpaired) electrons. The van der Waals surface area contributed by atoms with E-state index in [0.717, 1.165) is 16.0 Å². The van der Waals surface area contributed by atoms with Crippen LogP contribution in [-0.4, -0.2) is 47.5 Å². The third-order valence-electron chi connectivity index (χ3n) is 3.99. The highest BCUT2D eigenvalue weighted by molar-refractivity contribution is 7.89. The quantitative estimate of drug-likeness (QED) is 0.375. The molecule has 0 bridgehead atoms. The molecule has 2 aromatic rings. The number of nitro groups is 1. The molecule has 0 saturated carbocycles. The van der Waals surface area contributed by atoms with E-state index in [1.54, 1.807) is 6.07 Å². The number of urea groups is 1. The average molecular weight is 490 g/mol. The van der Waals surface area contributed by atoms with E-state index in [0.29, 0.717) is 10.7 Å². The summed E-state index contributed by atoms with van der Waals surface area (Å²) in [6, 6.07) is 8.51. The van der Waals surface area contributed by atoms with E-state index in [1.807, 2.05) is 0 Å². The van der Waals surface area contributed by atoms with E-state index in [1.165, 1.54) is 30.3 Å². The molecule has 0 spiro atoms. The summed E-state index contributed by atoms with van der Waals surface area (Å²) >= 11 is 17.0. The van der Waals surface area contributed by atoms with Crippen LogP contribution in [0.1, 0.15) is 0 Å². The molecule has 0 aliphatic carbocycles. The molecular weight excluding hydrogens is 477 g/mol. The molecule has 1 fully saturated rings. The van der Waals surface area contributed by atoms with Gasteiger partial charge in [0.2, 0.25) is 0 Å². The fourth-order valence-electron chi connectivity index (χ4n) is 2.54. The van der Waals surface area contributed by atoms with Crippen LogP contribution in [0, 0.1) is 10.1 Å². The van der Waals surface area contributed by atoms with Crippen LogP contribution in [-0.2, 0) is 10.0 Å². The minimum atomic E-state index is -4.16. The topological polar surface area (TPSA) is 125 Å². The molecule has 1 saturated heterocycles. The first kappa shape index (κ1) is 22.2. The van der Waals surface area contributed by atoms with Gasteiger partial charge in [0, 0.05) is 24.4 Å². The van der Waals surface area contributed by atoms with Gasteiger partial charge in [0.15, 0.2) is 5.11 Å². The Kier molecular flexibility index (Phi) is 6.43. The standard InChI is InChI=1S/C16H13Cl2N5O5S2/c17-13-5-4-10(8-14(13)18)19-15(24)21-6-7-22(16(21)29)20-30(27,28)12-3-1-2-11(9-12)23(25)26/h1-5,8-9,20H,6-7H2,(H,19,24). The lowest BCUT2D eigenvalue weighted by Gasteiger charge is -2.21. The van der Waals surface area contributed by atoms with E-state index in [2.05, 4.69) is 10.1 Å². The predicted octanol–water partition coefficient (Wildman–Crippen LogP) is 3.23. The number of nitrogens with one attached hydrogen (secondary N) is 2. The lowest BCUT2D eigenvalue weighted by molar-refractivity contribution is -0.385. The number of rotatable bonds is 5. The zero-order valence-corrected chi connectivity index (χ0v) is 18.1. The Balaban J connectivity index is 1.70. The van der Waals surface area contributed by atoms with Crippen LogP contribution in [0.5, 0.6) is 0 Å². The Morgan fingerprint density at radius 2 is 1.87 bits per heavy atom. The molecule has 14 heteroatoms. The van der Waals surface area contributed by atoms with Gasteiger partial charge in [-0.2, -0.15) is 0 Å². The number of hydrogen-bond donors (Lipinski definition) is 2. The summed E-state index contributed by atoms with van der Waals surface area (Å²) in [7, 11) is -4.16. The highest BCUT2D eigenvalue weighted by atomic mass is 35.5. The first-order valence-electron chi connectivity index (χ1n) is 8.20. The molecule has 1 heterocycles. The highest BCUT2D eigenvalue weighted by Crippen LogP contribution is 2.25. The van der Waals surface area contributed by atoms with Crippen LogP contribution in [0.2, 0.25) is 10.0 Å². The number of anilines is 1. The maximum absolute atomic E-state index is 12.6. The number of carbonyl (C=O) groups is 1. The van der Waals surface area contributed by atoms with Gasteiger partial charge in [0.1, 0.15) is 0 Å². The molecule has 1 aliphatic heterocycles. The number of hydrazine groups is 1. The van der Waals surface area contributed by atoms with Gasteiger partial charge >= 0.3 is 6.03 Å². The maximum atomic E-state index is 12.6. The van der Waals surface area contributed by atoms with Crippen molar-refractivity contribution in [1.82, 2.24) is 14.7 Å². The van der Waals surface area contributed by atoms with Gasteiger partial charge in [-0.25, -0.2) is 13.2 Å². The molecule has 158 valence electrons. The van der Waals surface area contributed by atoms with Gasteiger partial charge in [0.05, 0.1) is 26.4 Å². The number of benzene rings is 2. The van der Waals surface area contributed by atoms with Crippen LogP contribution in [0.25, 0.3) is 0 Å². The summed E-state index contributed by atoms with van der Waals surface area (Å²) in [6.07, 6.45) is 0. The Morgan fingerprint density at radius 1 is 1.13 bits per heavy atom. The summed E-state index contributed by atoms with van der Waals surface area (Å²) in [4.78, 5) is 25.8. The number of nitrogens with zero attached hydrogens (tertiary/aromatic N) is 3. The molecule has 0 unspecified atom stereocenters. The van der Waals surface area contributed by atoms with Crippen LogP contribution < -0.4 is 10.1 Å². The molecular formula is C16H13Cl2N5O5S2. The monoisotopic (exact) mass is 489 g/mol. The number of non-ortho nitro benzene ring substituents is 1. The molecule has 0 aromatic heterocycles. The predicted molar refractivity (Wildman–Crippen MR) is 115 cm³/mol. The fourth-order valence-corrected chi connectivity index (χ4v) is 4.31. The maximum Gasteiger partial charge on any atom is 0.328 e. The van der Waals surface area contributed by atoms with Crippen LogP contribution in [0.4, 0.5) is 16.2 Å². The Morgan fingerprint density at radius 3 is 2.53 bits per heavy atom. The number of amides is 2. The lowest BCUT2D eigenvalue weighted by Crippen LogP contribution is -2.46. The molecule has 10 nitrogen and oxygen atoms in total. The summed E-state index contributed by atoms with van der Waals surface area (Å²) in [5.41, 5.74) is 0.0114. The lowest BCUT2D eigenvalue weighted by atomic mass is 10.3. The first-order chi connectivity index (χ1) is 14.1. The van der Waals surface area contributed by atoms with Crippen molar-refractivity contribution < 1.29 is 18.1 Å². The normalized spacial score (nSPS) is 14.1. The number of carbonyl (C=O) groups excluding carboxylic acids is 1. The highest BCUT2D eigenvalue weighted by Gasteiger charge is 2.33. The van der Waals surface area contributed by atoms with E-state index >= 15 is 0 Å².